The van der Waals surface area contributed by atoms with Gasteiger partial charge in [-0.05, 0) is 33.6 Å². The normalized spacial score (nSPS) is 19.9. The maximum atomic E-state index is 12.0. The van der Waals surface area contributed by atoms with E-state index in [0.29, 0.717) is 0 Å². The van der Waals surface area contributed by atoms with Crippen LogP contribution < -0.4 is 5.32 Å². The fraction of sp³-hybridized carbons (Fsp3) is 0.857. The minimum Gasteiger partial charge on any atom is -0.467 e. The van der Waals surface area contributed by atoms with Crippen molar-refractivity contribution in [2.75, 3.05) is 7.11 Å². The number of nitrogens with one attached hydrogen (secondary N) is 1. The first-order chi connectivity index (χ1) is 9.18. The molecule has 1 aliphatic carbocycles. The topological polar surface area (TPSA) is 64.6 Å². The maximum absolute atomic E-state index is 12.0. The van der Waals surface area contributed by atoms with Gasteiger partial charge in [0, 0.05) is 4.75 Å². The summed E-state index contributed by atoms with van der Waals surface area (Å²) in [7, 11) is 1.31. The molecule has 1 unspecified atom stereocenters. The summed E-state index contributed by atoms with van der Waals surface area (Å²) in [5.74, 6) is -0.479. The lowest BCUT2D eigenvalue weighted by Crippen LogP contribution is -2.56. The Morgan fingerprint density at radius 1 is 1.20 bits per heavy atom. The number of esters is 1. The first kappa shape index (κ1) is 17.1. The number of hydrogen-bond acceptors (Lipinski definition) is 5. The summed E-state index contributed by atoms with van der Waals surface area (Å²) in [6.07, 6.45) is 4.03. The second kappa shape index (κ2) is 6.70. The van der Waals surface area contributed by atoms with Crippen molar-refractivity contribution < 1.29 is 19.1 Å². The van der Waals surface area contributed by atoms with Gasteiger partial charge in [-0.15, -0.1) is 0 Å². The molecule has 20 heavy (non-hydrogen) atoms. The van der Waals surface area contributed by atoms with Gasteiger partial charge < -0.3 is 14.8 Å². The quantitative estimate of drug-likeness (QED) is 0.621. The molecule has 0 radical (unpaired) electrons. The third-order valence-electron chi connectivity index (χ3n) is 3.35. The minimum absolute atomic E-state index is 0.479. The van der Waals surface area contributed by atoms with E-state index in [1.165, 1.54) is 7.11 Å². The highest BCUT2D eigenvalue weighted by Crippen LogP contribution is 2.37. The van der Waals surface area contributed by atoms with E-state index in [1.54, 1.807) is 20.8 Å². The summed E-state index contributed by atoms with van der Waals surface area (Å²) in [5, 5.41) is 2.62. The second-order valence-electron chi connectivity index (χ2n) is 6.27. The molecule has 1 atom stereocenters. The molecule has 5 nitrogen and oxygen atoms in total. The number of alkyl carbamates (subject to hydrolysis) is 1. The molecule has 0 aromatic heterocycles. The molecule has 1 rings (SSSR count). The van der Waals surface area contributed by atoms with Crippen LogP contribution in [0.4, 0.5) is 4.79 Å². The van der Waals surface area contributed by atoms with Crippen LogP contribution in [-0.4, -0.2) is 35.6 Å². The van der Waals surface area contributed by atoms with Crippen molar-refractivity contribution in [3.8, 4) is 0 Å². The fourth-order valence-electron chi connectivity index (χ4n) is 2.41. The highest BCUT2D eigenvalue weighted by atomic mass is 32.1. The number of ether oxygens (including phenoxy) is 2. The molecule has 0 spiro atoms. The largest absolute Gasteiger partial charge is 0.467 e. The van der Waals surface area contributed by atoms with Crippen LogP contribution in [0.15, 0.2) is 0 Å². The predicted molar refractivity (Wildman–Crippen MR) is 80.0 cm³/mol. The molecule has 1 fully saturated rings. The van der Waals surface area contributed by atoms with E-state index in [9.17, 15) is 9.59 Å². The molecule has 0 saturated heterocycles. The van der Waals surface area contributed by atoms with E-state index in [-0.39, 0.29) is 0 Å². The van der Waals surface area contributed by atoms with Gasteiger partial charge in [-0.3, -0.25) is 0 Å². The van der Waals surface area contributed by atoms with Crippen LogP contribution in [0, 0.1) is 0 Å². The van der Waals surface area contributed by atoms with Crippen LogP contribution in [-0.2, 0) is 14.3 Å². The highest BCUT2D eigenvalue weighted by molar-refractivity contribution is 7.82. The minimum atomic E-state index is -0.786. The summed E-state index contributed by atoms with van der Waals surface area (Å²) in [5.41, 5.74) is -0.610. The molecule has 1 amide bonds. The lowest BCUT2D eigenvalue weighted by molar-refractivity contribution is -0.144. The van der Waals surface area contributed by atoms with E-state index >= 15 is 0 Å². The Morgan fingerprint density at radius 3 is 2.20 bits per heavy atom. The van der Waals surface area contributed by atoms with E-state index in [2.05, 4.69) is 17.9 Å². The first-order valence-corrected chi connectivity index (χ1v) is 7.42. The number of carbonyl (C=O) groups excluding carboxylic acids is 2. The van der Waals surface area contributed by atoms with Crippen molar-refractivity contribution in [3.63, 3.8) is 0 Å². The van der Waals surface area contributed by atoms with Crippen molar-refractivity contribution in [2.24, 2.45) is 0 Å². The molecular weight excluding hydrogens is 278 g/mol. The third-order valence-corrected chi connectivity index (χ3v) is 4.06. The number of carbonyl (C=O) groups is 2. The van der Waals surface area contributed by atoms with Gasteiger partial charge in [0.05, 0.1) is 7.11 Å². The number of rotatable bonds is 3. The van der Waals surface area contributed by atoms with Crippen LogP contribution in [0.3, 0.4) is 0 Å². The average molecular weight is 303 g/mol. The third kappa shape index (κ3) is 4.89. The van der Waals surface area contributed by atoms with Crippen molar-refractivity contribution in [1.82, 2.24) is 5.32 Å². The van der Waals surface area contributed by atoms with Crippen LogP contribution in [0.25, 0.3) is 0 Å². The number of methoxy groups -OCH3 is 1. The Labute approximate surface area is 126 Å². The Bertz CT molecular complexity index is 359. The Morgan fingerprint density at radius 2 is 1.75 bits per heavy atom. The van der Waals surface area contributed by atoms with E-state index < -0.39 is 28.5 Å². The molecule has 1 aliphatic rings. The first-order valence-electron chi connectivity index (χ1n) is 6.98. The predicted octanol–water partition coefficient (Wildman–Crippen LogP) is 2.69. The zero-order valence-electron chi connectivity index (χ0n) is 12.7. The highest BCUT2D eigenvalue weighted by Gasteiger charge is 2.43. The molecule has 1 N–H and O–H groups in total. The molecule has 0 bridgehead atoms. The lowest BCUT2D eigenvalue weighted by Gasteiger charge is -2.38. The molecule has 1 saturated carbocycles. The van der Waals surface area contributed by atoms with Gasteiger partial charge in [0.15, 0.2) is 0 Å². The fourth-order valence-corrected chi connectivity index (χ4v) is 2.89. The van der Waals surface area contributed by atoms with Crippen LogP contribution in [0.1, 0.15) is 52.9 Å². The Hall–Kier alpha value is -0.910. The second-order valence-corrected chi connectivity index (χ2v) is 7.16. The summed E-state index contributed by atoms with van der Waals surface area (Å²) >= 11 is 4.65. The Kier molecular flexibility index (Phi) is 5.74. The van der Waals surface area contributed by atoms with Gasteiger partial charge in [-0.1, -0.05) is 19.3 Å². The molecule has 116 valence electrons. The SMILES string of the molecule is COC(=O)C(NC(=O)OC(C)(C)C)C1(S)CCCCC1. The zero-order valence-corrected chi connectivity index (χ0v) is 13.6. The monoisotopic (exact) mass is 303 g/mol. The molecular formula is C14H25NO4S. The summed E-state index contributed by atoms with van der Waals surface area (Å²) < 4.78 is 9.44. The van der Waals surface area contributed by atoms with Crippen molar-refractivity contribution >= 4 is 24.7 Å². The van der Waals surface area contributed by atoms with Gasteiger partial charge in [-0.2, -0.15) is 12.6 Å². The van der Waals surface area contributed by atoms with Crippen LogP contribution in [0.2, 0.25) is 0 Å². The average Bonchev–Trinajstić information content (AvgIpc) is 2.33. The van der Waals surface area contributed by atoms with Crippen LogP contribution in [0.5, 0.6) is 0 Å². The van der Waals surface area contributed by atoms with Crippen molar-refractivity contribution in [1.29, 1.82) is 0 Å². The number of thiol groups is 1. The molecule has 6 heteroatoms. The van der Waals surface area contributed by atoms with Crippen molar-refractivity contribution in [2.45, 2.75) is 69.3 Å². The van der Waals surface area contributed by atoms with Crippen LogP contribution >= 0.6 is 12.6 Å². The van der Waals surface area contributed by atoms with Crippen molar-refractivity contribution in [3.05, 3.63) is 0 Å². The lowest BCUT2D eigenvalue weighted by atomic mass is 9.82. The van der Waals surface area contributed by atoms with Gasteiger partial charge in [-0.25, -0.2) is 9.59 Å². The van der Waals surface area contributed by atoms with Gasteiger partial charge in [0.2, 0.25) is 0 Å². The van der Waals surface area contributed by atoms with E-state index in [4.69, 9.17) is 9.47 Å². The summed E-state index contributed by atoms with van der Waals surface area (Å²) in [6.45, 7) is 5.32. The van der Waals surface area contributed by atoms with E-state index in [0.717, 1.165) is 32.1 Å². The Balaban J connectivity index is 2.79. The summed E-state index contributed by atoms with van der Waals surface area (Å²) in [6, 6.07) is -0.786. The number of amides is 1. The molecule has 0 heterocycles. The van der Waals surface area contributed by atoms with Gasteiger partial charge in [0.1, 0.15) is 11.6 Å². The maximum Gasteiger partial charge on any atom is 0.408 e. The standard InChI is InChI=1S/C14H25NO4S/c1-13(2,3)19-12(17)15-10(11(16)18-4)14(20)8-6-5-7-9-14/h10,20H,5-9H2,1-4H3,(H,15,17). The molecule has 0 aromatic rings. The summed E-state index contributed by atoms with van der Waals surface area (Å²) in [4.78, 5) is 23.9. The molecule has 0 aliphatic heterocycles. The smallest absolute Gasteiger partial charge is 0.408 e. The van der Waals surface area contributed by atoms with E-state index in [1.807, 2.05) is 0 Å². The molecule has 0 aromatic carbocycles. The van der Waals surface area contributed by atoms with Gasteiger partial charge in [0.25, 0.3) is 0 Å². The number of hydrogen-bond donors (Lipinski definition) is 2. The zero-order chi connectivity index (χ0) is 15.4. The van der Waals surface area contributed by atoms with Gasteiger partial charge >= 0.3 is 12.1 Å².